The van der Waals surface area contributed by atoms with Gasteiger partial charge in [-0.2, -0.15) is 0 Å². The lowest BCUT2D eigenvalue weighted by molar-refractivity contribution is 0.122. The van der Waals surface area contributed by atoms with Crippen LogP contribution in [0.5, 0.6) is 0 Å². The number of rotatable bonds is 4. The summed E-state index contributed by atoms with van der Waals surface area (Å²) in [4.78, 5) is 6.72. The minimum Gasteiger partial charge on any atom is -0.378 e. The molecule has 2 heterocycles. The number of nitrogens with zero attached hydrogens (tertiary/aromatic N) is 2. The number of benzene rings is 1. The number of ether oxygens (including phenoxy) is 1. The van der Waals surface area contributed by atoms with Crippen molar-refractivity contribution in [2.75, 3.05) is 36.5 Å². The molecule has 20 heavy (non-hydrogen) atoms. The first-order valence-electron chi connectivity index (χ1n) is 6.91. The van der Waals surface area contributed by atoms with Crippen molar-refractivity contribution in [2.45, 2.75) is 13.0 Å². The van der Waals surface area contributed by atoms with E-state index in [0.29, 0.717) is 0 Å². The molecule has 1 aliphatic rings. The molecule has 0 bridgehead atoms. The van der Waals surface area contributed by atoms with Crippen molar-refractivity contribution in [1.29, 1.82) is 0 Å². The molecule has 1 N–H and O–H groups in total. The van der Waals surface area contributed by atoms with Crippen LogP contribution in [0.1, 0.15) is 18.0 Å². The number of nitrogens with one attached hydrogen (secondary N) is 1. The quantitative estimate of drug-likeness (QED) is 0.938. The fraction of sp³-hybridized carbons (Fsp3) is 0.400. The fourth-order valence-corrected chi connectivity index (χ4v) is 3.02. The summed E-state index contributed by atoms with van der Waals surface area (Å²) in [5.41, 5.74) is 2.39. The third kappa shape index (κ3) is 3.11. The highest BCUT2D eigenvalue weighted by Gasteiger charge is 2.12. The molecule has 106 valence electrons. The van der Waals surface area contributed by atoms with Crippen LogP contribution in [-0.4, -0.2) is 31.3 Å². The lowest BCUT2D eigenvalue weighted by Gasteiger charge is -2.29. The van der Waals surface area contributed by atoms with Crippen LogP contribution in [0.15, 0.2) is 35.8 Å². The predicted octanol–water partition coefficient (Wildman–Crippen LogP) is 3.15. The van der Waals surface area contributed by atoms with Gasteiger partial charge in [-0.3, -0.25) is 0 Å². The number of hydrogen-bond acceptors (Lipinski definition) is 5. The van der Waals surface area contributed by atoms with Crippen molar-refractivity contribution in [3.63, 3.8) is 0 Å². The first-order valence-corrected chi connectivity index (χ1v) is 7.79. The van der Waals surface area contributed by atoms with Crippen molar-refractivity contribution in [1.82, 2.24) is 4.98 Å². The van der Waals surface area contributed by atoms with E-state index in [1.54, 1.807) is 11.3 Å². The maximum absolute atomic E-state index is 5.40. The third-order valence-electron chi connectivity index (χ3n) is 3.43. The predicted molar refractivity (Wildman–Crippen MR) is 83.6 cm³/mol. The summed E-state index contributed by atoms with van der Waals surface area (Å²) in [5, 5.41) is 6.64. The molecule has 0 amide bonds. The molecule has 2 aromatic rings. The molecule has 3 rings (SSSR count). The summed E-state index contributed by atoms with van der Waals surface area (Å²) in [6, 6.07) is 8.80. The highest BCUT2D eigenvalue weighted by Crippen LogP contribution is 2.25. The summed E-state index contributed by atoms with van der Waals surface area (Å²) in [6.45, 7) is 5.69. The third-order valence-corrected chi connectivity index (χ3v) is 4.39. The van der Waals surface area contributed by atoms with Crippen LogP contribution in [-0.2, 0) is 4.74 Å². The van der Waals surface area contributed by atoms with Gasteiger partial charge in [-0.05, 0) is 25.1 Å². The molecule has 1 fully saturated rings. The van der Waals surface area contributed by atoms with Gasteiger partial charge < -0.3 is 15.0 Å². The Morgan fingerprint density at radius 2 is 2.20 bits per heavy atom. The van der Waals surface area contributed by atoms with Crippen molar-refractivity contribution in [3.05, 3.63) is 40.8 Å². The average Bonchev–Trinajstić information content (AvgIpc) is 3.03. The van der Waals surface area contributed by atoms with Crippen LogP contribution in [0.25, 0.3) is 0 Å². The number of aromatic nitrogens is 1. The maximum Gasteiger partial charge on any atom is 0.115 e. The van der Waals surface area contributed by atoms with Crippen molar-refractivity contribution >= 4 is 22.7 Å². The zero-order valence-electron chi connectivity index (χ0n) is 11.6. The molecule has 4 nitrogen and oxygen atoms in total. The molecule has 0 saturated carbocycles. The van der Waals surface area contributed by atoms with Gasteiger partial charge in [0.05, 0.1) is 19.3 Å². The fourth-order valence-electron chi connectivity index (χ4n) is 2.37. The molecule has 1 aromatic heterocycles. The molecular formula is C15H19N3OS. The van der Waals surface area contributed by atoms with Crippen LogP contribution < -0.4 is 10.2 Å². The second-order valence-corrected chi connectivity index (χ2v) is 5.81. The molecule has 1 saturated heterocycles. The van der Waals surface area contributed by atoms with E-state index >= 15 is 0 Å². The number of hydrogen-bond donors (Lipinski definition) is 1. The molecule has 1 aliphatic heterocycles. The minimum atomic E-state index is 0.231. The number of thiazole rings is 1. The van der Waals surface area contributed by atoms with Gasteiger partial charge in [0.25, 0.3) is 0 Å². The van der Waals surface area contributed by atoms with Crippen molar-refractivity contribution in [3.8, 4) is 0 Å². The van der Waals surface area contributed by atoms with Crippen LogP contribution in [0.3, 0.4) is 0 Å². The summed E-state index contributed by atoms with van der Waals surface area (Å²) in [5.74, 6) is 0. The zero-order chi connectivity index (χ0) is 13.8. The molecular weight excluding hydrogens is 270 g/mol. The highest BCUT2D eigenvalue weighted by molar-refractivity contribution is 7.09. The van der Waals surface area contributed by atoms with Gasteiger partial charge >= 0.3 is 0 Å². The first-order chi connectivity index (χ1) is 9.83. The van der Waals surface area contributed by atoms with E-state index in [1.807, 2.05) is 11.6 Å². The monoisotopic (exact) mass is 289 g/mol. The van der Waals surface area contributed by atoms with Crippen LogP contribution in [0.2, 0.25) is 0 Å². The first kappa shape index (κ1) is 13.4. The Labute approximate surface area is 123 Å². The lowest BCUT2D eigenvalue weighted by Crippen LogP contribution is -2.36. The topological polar surface area (TPSA) is 37.4 Å². The molecule has 1 unspecified atom stereocenters. The second kappa shape index (κ2) is 6.24. The average molecular weight is 289 g/mol. The van der Waals surface area contributed by atoms with Gasteiger partial charge in [0.2, 0.25) is 0 Å². The van der Waals surface area contributed by atoms with E-state index in [1.165, 1.54) is 5.69 Å². The lowest BCUT2D eigenvalue weighted by atomic mass is 10.2. The molecule has 5 heteroatoms. The van der Waals surface area contributed by atoms with Gasteiger partial charge in [-0.15, -0.1) is 11.3 Å². The molecule has 1 aromatic carbocycles. The smallest absolute Gasteiger partial charge is 0.115 e. The Hall–Kier alpha value is -1.59. The molecule has 0 spiro atoms. The van der Waals surface area contributed by atoms with Gasteiger partial charge in [0, 0.05) is 36.0 Å². The molecule has 0 aliphatic carbocycles. The standard InChI is InChI=1S/C15H19N3OS/c1-12(15-16-5-10-20-15)17-13-3-2-4-14(11-13)18-6-8-19-9-7-18/h2-5,10-12,17H,6-9H2,1H3. The summed E-state index contributed by atoms with van der Waals surface area (Å²) >= 11 is 1.68. The van der Waals surface area contributed by atoms with Gasteiger partial charge in [-0.1, -0.05) is 6.07 Å². The van der Waals surface area contributed by atoms with E-state index in [2.05, 4.69) is 46.4 Å². The SMILES string of the molecule is CC(Nc1cccc(N2CCOCC2)c1)c1nccs1. The minimum absolute atomic E-state index is 0.231. The number of anilines is 2. The van der Waals surface area contributed by atoms with Crippen molar-refractivity contribution < 1.29 is 4.74 Å². The van der Waals surface area contributed by atoms with E-state index in [4.69, 9.17) is 4.74 Å². The van der Waals surface area contributed by atoms with Gasteiger partial charge in [0.1, 0.15) is 5.01 Å². The zero-order valence-corrected chi connectivity index (χ0v) is 12.4. The van der Waals surface area contributed by atoms with Crippen LogP contribution >= 0.6 is 11.3 Å². The summed E-state index contributed by atoms with van der Waals surface area (Å²) in [6.07, 6.45) is 1.85. The Morgan fingerprint density at radius 1 is 1.35 bits per heavy atom. The Kier molecular flexibility index (Phi) is 4.18. The number of morpholine rings is 1. The second-order valence-electron chi connectivity index (χ2n) is 4.89. The molecule has 1 atom stereocenters. The maximum atomic E-state index is 5.40. The Morgan fingerprint density at radius 3 is 2.95 bits per heavy atom. The van der Waals surface area contributed by atoms with Gasteiger partial charge in [-0.25, -0.2) is 4.98 Å². The van der Waals surface area contributed by atoms with E-state index in [0.717, 1.165) is 37.0 Å². The van der Waals surface area contributed by atoms with E-state index < -0.39 is 0 Å². The normalized spacial score (nSPS) is 16.9. The van der Waals surface area contributed by atoms with Crippen LogP contribution in [0.4, 0.5) is 11.4 Å². The highest BCUT2D eigenvalue weighted by atomic mass is 32.1. The van der Waals surface area contributed by atoms with Gasteiger partial charge in [0.15, 0.2) is 0 Å². The summed E-state index contributed by atoms with van der Waals surface area (Å²) in [7, 11) is 0. The molecule has 0 radical (unpaired) electrons. The largest absolute Gasteiger partial charge is 0.378 e. The summed E-state index contributed by atoms with van der Waals surface area (Å²) < 4.78 is 5.40. The van der Waals surface area contributed by atoms with Crippen LogP contribution in [0, 0.1) is 0 Å². The Bertz CT molecular complexity index is 538. The Balaban J connectivity index is 1.70. The van der Waals surface area contributed by atoms with Crippen molar-refractivity contribution in [2.24, 2.45) is 0 Å². The van der Waals surface area contributed by atoms with E-state index in [9.17, 15) is 0 Å². The van der Waals surface area contributed by atoms with E-state index in [-0.39, 0.29) is 6.04 Å².